The molecule has 49 valence electrons. The van der Waals surface area contributed by atoms with Crippen molar-refractivity contribution < 1.29 is 21.1 Å². The van der Waals surface area contributed by atoms with Crippen LogP contribution in [0.2, 0.25) is 0 Å². The van der Waals surface area contributed by atoms with Crippen molar-refractivity contribution in [3.8, 4) is 0 Å². The number of hydrogen-bond acceptors (Lipinski definition) is 4. The molecule has 8 heavy (non-hydrogen) atoms. The van der Waals surface area contributed by atoms with Gasteiger partial charge >= 0.3 is 0 Å². The van der Waals surface area contributed by atoms with Crippen LogP contribution in [0, 0.1) is 0 Å². The maximum absolute atomic E-state index is 8.34. The van der Waals surface area contributed by atoms with Gasteiger partial charge in [-0.05, 0) is 0 Å². The average Bonchev–Trinajstić information content (AvgIpc) is 1.87. The van der Waals surface area contributed by atoms with Crippen LogP contribution in [0.3, 0.4) is 0 Å². The second kappa shape index (κ2) is 2.99. The zero-order chi connectivity index (χ0) is 6.62. The lowest BCUT2D eigenvalue weighted by atomic mass is 10.1. The van der Waals surface area contributed by atoms with Gasteiger partial charge in [-0.3, -0.25) is 0 Å². The molecule has 1 radical (unpaired) electrons. The quantitative estimate of drug-likeness (QED) is 0.316. The highest BCUT2D eigenvalue weighted by Gasteiger charge is 2.28. The highest BCUT2D eigenvalue weighted by atomic mass is 16.3. The number of rotatable bonds is 3. The second-order valence-corrected chi connectivity index (χ2v) is 1.84. The molecule has 0 aromatic rings. The molecule has 0 atom stereocenters. The van der Waals surface area contributed by atoms with E-state index in [4.69, 9.17) is 21.1 Å². The van der Waals surface area contributed by atoms with E-state index in [0.29, 0.717) is 0 Å². The van der Waals surface area contributed by atoms with Crippen LogP contribution in [0.25, 0.3) is 0 Å². The molecule has 5 N–H and O–H groups in total. The summed E-state index contributed by atoms with van der Waals surface area (Å²) in [5.41, 5.74) is 3.94. The van der Waals surface area contributed by atoms with Gasteiger partial charge in [0.1, 0.15) is 19.8 Å². The molecular weight excluding hydrogens is 110 g/mol. The lowest BCUT2D eigenvalue weighted by molar-refractivity contribution is -0.494. The smallest absolute Gasteiger partial charge is 0.208 e. The Morgan fingerprint density at radius 1 is 1.00 bits per heavy atom. The van der Waals surface area contributed by atoms with Gasteiger partial charge in [-0.25, -0.2) is 0 Å². The minimum Gasteiger partial charge on any atom is -0.389 e. The van der Waals surface area contributed by atoms with Crippen molar-refractivity contribution >= 4 is 0 Å². The Morgan fingerprint density at radius 2 is 1.25 bits per heavy atom. The van der Waals surface area contributed by atoms with Crippen LogP contribution in [-0.4, -0.2) is 40.7 Å². The van der Waals surface area contributed by atoms with E-state index in [1.165, 1.54) is 0 Å². The van der Waals surface area contributed by atoms with E-state index in [1.807, 2.05) is 0 Å². The fraction of sp³-hybridized carbons (Fsp3) is 1.00. The number of nitrogens with two attached hydrogens (primary N) is 1. The van der Waals surface area contributed by atoms with Crippen molar-refractivity contribution in [1.29, 1.82) is 0 Å². The van der Waals surface area contributed by atoms with Crippen molar-refractivity contribution in [3.05, 3.63) is 0 Å². The zero-order valence-corrected chi connectivity index (χ0v) is 4.54. The first-order valence-electron chi connectivity index (χ1n) is 2.30. The zero-order valence-electron chi connectivity index (χ0n) is 4.54. The molecule has 0 aliphatic carbocycles. The van der Waals surface area contributed by atoms with Gasteiger partial charge in [-0.15, -0.1) is 0 Å². The van der Waals surface area contributed by atoms with Gasteiger partial charge < -0.3 is 15.3 Å². The van der Waals surface area contributed by atoms with Gasteiger partial charge in [0, 0.05) is 0 Å². The largest absolute Gasteiger partial charge is 0.389 e. The van der Waals surface area contributed by atoms with E-state index >= 15 is 0 Å². The maximum atomic E-state index is 8.34. The van der Waals surface area contributed by atoms with Crippen molar-refractivity contribution in [2.24, 2.45) is 0 Å². The molecule has 0 aliphatic heterocycles. The molecule has 0 aliphatic rings. The molecule has 0 rings (SSSR count). The minimum atomic E-state index is -1.21. The number of aliphatic hydroxyl groups excluding tert-OH is 3. The molecule has 0 heterocycles. The number of aliphatic hydroxyl groups is 3. The summed E-state index contributed by atoms with van der Waals surface area (Å²) in [5, 5.41) is 25.0. The summed E-state index contributed by atoms with van der Waals surface area (Å²) in [4.78, 5) is 0. The topological polar surface area (TPSA) is 86.0 Å². The van der Waals surface area contributed by atoms with Gasteiger partial charge in [-0.1, -0.05) is 0 Å². The summed E-state index contributed by atoms with van der Waals surface area (Å²) >= 11 is 0. The predicted octanol–water partition coefficient (Wildman–Crippen LogP) is -3.27. The number of hydrogen-bond donors (Lipinski definition) is 4. The summed E-state index contributed by atoms with van der Waals surface area (Å²) in [6, 6.07) is 0. The van der Waals surface area contributed by atoms with E-state index in [1.54, 1.807) is 0 Å². The second-order valence-electron chi connectivity index (χ2n) is 1.84. The minimum absolute atomic E-state index is 0.403. The van der Waals surface area contributed by atoms with E-state index < -0.39 is 25.4 Å². The van der Waals surface area contributed by atoms with Gasteiger partial charge in [0.05, 0.1) is 0 Å². The molecule has 0 spiro atoms. The van der Waals surface area contributed by atoms with Gasteiger partial charge in [0.2, 0.25) is 5.54 Å². The highest BCUT2D eigenvalue weighted by molar-refractivity contribution is 4.71. The van der Waals surface area contributed by atoms with E-state index in [-0.39, 0.29) is 0 Å². The highest BCUT2D eigenvalue weighted by Crippen LogP contribution is 1.89. The van der Waals surface area contributed by atoms with Crippen LogP contribution in [0.15, 0.2) is 0 Å². The van der Waals surface area contributed by atoms with Gasteiger partial charge in [0.15, 0.2) is 0 Å². The summed E-state index contributed by atoms with van der Waals surface area (Å²) < 4.78 is 0. The van der Waals surface area contributed by atoms with Gasteiger partial charge in [0.25, 0.3) is 0 Å². The summed E-state index contributed by atoms with van der Waals surface area (Å²) in [6.07, 6.45) is 0. The summed E-state index contributed by atoms with van der Waals surface area (Å²) in [7, 11) is 0. The normalized spacial score (nSPS) is 12.0. The Bertz CT molecular complexity index is 54.0. The lowest BCUT2D eigenvalue weighted by Crippen LogP contribution is -2.78. The fourth-order valence-electron chi connectivity index (χ4n) is 0.150. The van der Waals surface area contributed by atoms with Crippen molar-refractivity contribution in [2.45, 2.75) is 5.54 Å². The van der Waals surface area contributed by atoms with Crippen molar-refractivity contribution in [1.82, 2.24) is 0 Å². The SMILES string of the molecule is [NH2+]C(CO)(CO)CO. The fourth-order valence-corrected chi connectivity index (χ4v) is 0.150. The monoisotopic (exact) mass is 121 g/mol. The summed E-state index contributed by atoms with van der Waals surface area (Å²) in [6.45, 7) is -1.21. The Hall–Kier alpha value is -0.160. The molecule has 4 nitrogen and oxygen atoms in total. The standard InChI is InChI=1S/C4H11NO3/c5-4(1-6,2-7)3-8/h6-8H,1-3,5H2/q+1. The molecule has 0 unspecified atom stereocenters. The van der Waals surface area contributed by atoms with Crippen LogP contribution < -0.4 is 5.73 Å². The average molecular weight is 121 g/mol. The first kappa shape index (κ1) is 7.84. The summed E-state index contributed by atoms with van der Waals surface area (Å²) in [5.74, 6) is 0. The first-order valence-corrected chi connectivity index (χ1v) is 2.30. The Balaban J connectivity index is 3.58. The lowest BCUT2D eigenvalue weighted by Gasteiger charge is -2.12. The maximum Gasteiger partial charge on any atom is 0.208 e. The van der Waals surface area contributed by atoms with Crippen molar-refractivity contribution in [2.75, 3.05) is 19.8 Å². The Morgan fingerprint density at radius 3 is 1.25 bits per heavy atom. The van der Waals surface area contributed by atoms with E-state index in [2.05, 4.69) is 0 Å². The predicted molar refractivity (Wildman–Crippen MR) is 25.9 cm³/mol. The third-order valence-electron chi connectivity index (χ3n) is 0.945. The van der Waals surface area contributed by atoms with Crippen LogP contribution in [0.1, 0.15) is 0 Å². The van der Waals surface area contributed by atoms with Crippen LogP contribution in [0.5, 0.6) is 0 Å². The van der Waals surface area contributed by atoms with E-state index in [0.717, 1.165) is 0 Å². The van der Waals surface area contributed by atoms with Crippen molar-refractivity contribution in [3.63, 3.8) is 0 Å². The Labute approximate surface area is 47.6 Å². The van der Waals surface area contributed by atoms with Gasteiger partial charge in [-0.2, -0.15) is 5.73 Å². The molecule has 0 aromatic heterocycles. The van der Waals surface area contributed by atoms with E-state index in [9.17, 15) is 0 Å². The van der Waals surface area contributed by atoms with Crippen LogP contribution >= 0.6 is 0 Å². The molecule has 0 saturated carbocycles. The van der Waals surface area contributed by atoms with Crippen LogP contribution in [-0.2, 0) is 0 Å². The third kappa shape index (κ3) is 1.75. The first-order chi connectivity index (χ1) is 3.68. The molecular formula is C4H11NO3+. The molecule has 0 fully saturated rings. The molecule has 0 aromatic carbocycles. The van der Waals surface area contributed by atoms with Crippen LogP contribution in [0.4, 0.5) is 0 Å². The molecule has 4 heteroatoms. The third-order valence-corrected chi connectivity index (χ3v) is 0.945. The Kier molecular flexibility index (Phi) is 2.93. The molecule has 0 saturated heterocycles. The molecule has 0 amide bonds. The molecule has 0 bridgehead atoms.